The second-order valence-electron chi connectivity index (χ2n) is 4.53. The molecular formula is C14H18N2O2S. The standard InChI is InChI=1S/C14H18N2O2S/c1-11-13(17)16(14(19)15-11)9-5-6-10-18-12-7-3-2-4-8-12/h2-4,7-8,11H,5-6,9-10H2,1H3,(H,15,19). The Morgan fingerprint density at radius 1 is 1.32 bits per heavy atom. The van der Waals surface area contributed by atoms with Crippen LogP contribution >= 0.6 is 12.2 Å². The van der Waals surface area contributed by atoms with Gasteiger partial charge >= 0.3 is 0 Å². The lowest BCUT2D eigenvalue weighted by atomic mass is 10.3. The zero-order chi connectivity index (χ0) is 13.7. The fraction of sp³-hybridized carbons (Fsp3) is 0.429. The van der Waals surface area contributed by atoms with Gasteiger partial charge in [-0.15, -0.1) is 0 Å². The van der Waals surface area contributed by atoms with Crippen molar-refractivity contribution in [1.82, 2.24) is 10.2 Å². The summed E-state index contributed by atoms with van der Waals surface area (Å²) in [5.74, 6) is 0.944. The van der Waals surface area contributed by atoms with Crippen LogP contribution < -0.4 is 10.1 Å². The van der Waals surface area contributed by atoms with Gasteiger partial charge in [0.05, 0.1) is 6.61 Å². The highest BCUT2D eigenvalue weighted by atomic mass is 32.1. The smallest absolute Gasteiger partial charge is 0.250 e. The number of nitrogens with zero attached hydrogens (tertiary/aromatic N) is 1. The van der Waals surface area contributed by atoms with E-state index in [1.165, 1.54) is 0 Å². The van der Waals surface area contributed by atoms with E-state index in [9.17, 15) is 4.79 Å². The van der Waals surface area contributed by atoms with Crippen LogP contribution in [-0.4, -0.2) is 35.1 Å². The summed E-state index contributed by atoms with van der Waals surface area (Å²) in [4.78, 5) is 13.4. The number of benzene rings is 1. The predicted molar refractivity (Wildman–Crippen MR) is 78.1 cm³/mol. The molecule has 4 nitrogen and oxygen atoms in total. The van der Waals surface area contributed by atoms with Gasteiger partial charge in [0, 0.05) is 6.54 Å². The Balaban J connectivity index is 1.65. The minimum absolute atomic E-state index is 0.0639. The van der Waals surface area contributed by atoms with E-state index >= 15 is 0 Å². The van der Waals surface area contributed by atoms with Crippen molar-refractivity contribution >= 4 is 23.2 Å². The highest BCUT2D eigenvalue weighted by molar-refractivity contribution is 7.80. The fourth-order valence-corrected chi connectivity index (χ4v) is 2.31. The molecule has 0 bridgehead atoms. The molecule has 0 aromatic heterocycles. The maximum absolute atomic E-state index is 11.7. The number of hydrogen-bond acceptors (Lipinski definition) is 3. The summed E-state index contributed by atoms with van der Waals surface area (Å²) >= 11 is 5.11. The Labute approximate surface area is 118 Å². The van der Waals surface area contributed by atoms with Crippen LogP contribution in [0.3, 0.4) is 0 Å². The summed E-state index contributed by atoms with van der Waals surface area (Å²) in [5.41, 5.74) is 0. The first kappa shape index (κ1) is 13.8. The number of hydrogen-bond donors (Lipinski definition) is 1. The molecule has 1 unspecified atom stereocenters. The number of carbonyl (C=O) groups excluding carboxylic acids is 1. The summed E-state index contributed by atoms with van der Waals surface area (Å²) in [5, 5.41) is 3.50. The van der Waals surface area contributed by atoms with Crippen molar-refractivity contribution in [3.8, 4) is 5.75 Å². The molecule has 19 heavy (non-hydrogen) atoms. The van der Waals surface area contributed by atoms with Crippen molar-refractivity contribution in [3.05, 3.63) is 30.3 Å². The maximum Gasteiger partial charge on any atom is 0.250 e. The normalized spacial score (nSPS) is 18.6. The molecule has 0 aliphatic carbocycles. The molecule has 1 atom stereocenters. The van der Waals surface area contributed by atoms with E-state index in [4.69, 9.17) is 17.0 Å². The molecular weight excluding hydrogens is 260 g/mol. The molecule has 1 aromatic rings. The van der Waals surface area contributed by atoms with Gasteiger partial charge in [0.1, 0.15) is 11.8 Å². The van der Waals surface area contributed by atoms with Crippen molar-refractivity contribution in [3.63, 3.8) is 0 Å². The lowest BCUT2D eigenvalue weighted by molar-refractivity contribution is -0.126. The monoisotopic (exact) mass is 278 g/mol. The lowest BCUT2D eigenvalue weighted by Crippen LogP contribution is -2.32. The van der Waals surface area contributed by atoms with Gasteiger partial charge in [0.15, 0.2) is 5.11 Å². The zero-order valence-electron chi connectivity index (χ0n) is 11.0. The van der Waals surface area contributed by atoms with Crippen LogP contribution in [0.2, 0.25) is 0 Å². The summed E-state index contributed by atoms with van der Waals surface area (Å²) in [6, 6.07) is 9.54. The number of rotatable bonds is 6. The van der Waals surface area contributed by atoms with Crippen LogP contribution in [0.4, 0.5) is 0 Å². The number of thiocarbonyl (C=S) groups is 1. The van der Waals surface area contributed by atoms with Gasteiger partial charge in [-0.05, 0) is 44.1 Å². The number of amides is 1. The quantitative estimate of drug-likeness (QED) is 0.638. The summed E-state index contributed by atoms with van der Waals surface area (Å²) in [6.07, 6.45) is 1.78. The highest BCUT2D eigenvalue weighted by Gasteiger charge is 2.31. The molecule has 0 saturated carbocycles. The van der Waals surface area contributed by atoms with Gasteiger partial charge in [-0.25, -0.2) is 0 Å². The van der Waals surface area contributed by atoms with Crippen molar-refractivity contribution in [2.24, 2.45) is 0 Å². The largest absolute Gasteiger partial charge is 0.494 e. The fourth-order valence-electron chi connectivity index (χ4n) is 1.95. The van der Waals surface area contributed by atoms with E-state index < -0.39 is 0 Å². The molecule has 102 valence electrons. The van der Waals surface area contributed by atoms with Crippen LogP contribution in [0.15, 0.2) is 30.3 Å². The molecule has 1 aliphatic rings. The molecule has 1 fully saturated rings. The lowest BCUT2D eigenvalue weighted by Gasteiger charge is -2.14. The predicted octanol–water partition coefficient (Wildman–Crippen LogP) is 1.95. The van der Waals surface area contributed by atoms with Gasteiger partial charge in [-0.2, -0.15) is 0 Å². The van der Waals surface area contributed by atoms with E-state index in [0.717, 1.165) is 18.6 Å². The van der Waals surface area contributed by atoms with Gasteiger partial charge in [0.2, 0.25) is 0 Å². The molecule has 1 aliphatic heterocycles. The van der Waals surface area contributed by atoms with Gasteiger partial charge in [0.25, 0.3) is 5.91 Å². The van der Waals surface area contributed by atoms with E-state index in [1.54, 1.807) is 4.90 Å². The summed E-state index contributed by atoms with van der Waals surface area (Å²) in [7, 11) is 0. The second kappa shape index (κ2) is 6.52. The number of ether oxygens (including phenoxy) is 1. The Hall–Kier alpha value is -1.62. The molecule has 1 heterocycles. The van der Waals surface area contributed by atoms with Crippen LogP contribution in [0.1, 0.15) is 19.8 Å². The van der Waals surface area contributed by atoms with Gasteiger partial charge < -0.3 is 10.1 Å². The minimum Gasteiger partial charge on any atom is -0.494 e. The van der Waals surface area contributed by atoms with Crippen LogP contribution in [0.5, 0.6) is 5.75 Å². The zero-order valence-corrected chi connectivity index (χ0v) is 11.8. The molecule has 1 amide bonds. The van der Waals surface area contributed by atoms with Gasteiger partial charge in [-0.3, -0.25) is 9.69 Å². The Morgan fingerprint density at radius 3 is 2.68 bits per heavy atom. The van der Waals surface area contributed by atoms with Crippen molar-refractivity contribution in [2.45, 2.75) is 25.8 Å². The third kappa shape index (κ3) is 3.67. The van der Waals surface area contributed by atoms with Crippen molar-refractivity contribution in [2.75, 3.05) is 13.2 Å². The first-order valence-corrected chi connectivity index (χ1v) is 6.89. The average Bonchev–Trinajstić information content (AvgIpc) is 2.65. The van der Waals surface area contributed by atoms with Crippen molar-refractivity contribution in [1.29, 1.82) is 0 Å². The highest BCUT2D eigenvalue weighted by Crippen LogP contribution is 2.10. The third-order valence-electron chi connectivity index (χ3n) is 3.01. The first-order valence-electron chi connectivity index (χ1n) is 6.48. The molecule has 1 N–H and O–H groups in total. The third-order valence-corrected chi connectivity index (χ3v) is 3.35. The minimum atomic E-state index is -0.187. The number of carbonyl (C=O) groups is 1. The van der Waals surface area contributed by atoms with E-state index in [0.29, 0.717) is 18.3 Å². The molecule has 1 saturated heterocycles. The van der Waals surface area contributed by atoms with Crippen LogP contribution in [0, 0.1) is 0 Å². The van der Waals surface area contributed by atoms with E-state index in [-0.39, 0.29) is 11.9 Å². The maximum atomic E-state index is 11.7. The number of unbranched alkanes of at least 4 members (excludes halogenated alkanes) is 1. The summed E-state index contributed by atoms with van der Waals surface area (Å²) < 4.78 is 5.59. The molecule has 5 heteroatoms. The molecule has 0 spiro atoms. The number of nitrogens with one attached hydrogen (secondary N) is 1. The molecule has 0 radical (unpaired) electrons. The average molecular weight is 278 g/mol. The number of para-hydroxylation sites is 1. The Kier molecular flexibility index (Phi) is 4.74. The van der Waals surface area contributed by atoms with E-state index in [2.05, 4.69) is 5.32 Å². The molecule has 2 rings (SSSR count). The topological polar surface area (TPSA) is 41.6 Å². The molecule has 1 aromatic carbocycles. The van der Waals surface area contributed by atoms with E-state index in [1.807, 2.05) is 37.3 Å². The Morgan fingerprint density at radius 2 is 2.05 bits per heavy atom. The first-order chi connectivity index (χ1) is 9.18. The van der Waals surface area contributed by atoms with Crippen LogP contribution in [-0.2, 0) is 4.79 Å². The van der Waals surface area contributed by atoms with Crippen molar-refractivity contribution < 1.29 is 9.53 Å². The SMILES string of the molecule is CC1NC(=S)N(CCCCOc2ccccc2)C1=O. The second-order valence-corrected chi connectivity index (χ2v) is 4.92. The van der Waals surface area contributed by atoms with Gasteiger partial charge in [-0.1, -0.05) is 18.2 Å². The Bertz CT molecular complexity index is 450. The summed E-state index contributed by atoms with van der Waals surface area (Å²) in [6.45, 7) is 3.14. The van der Waals surface area contributed by atoms with Crippen LogP contribution in [0.25, 0.3) is 0 Å².